The van der Waals surface area contributed by atoms with E-state index in [1.807, 2.05) is 0 Å². The summed E-state index contributed by atoms with van der Waals surface area (Å²) in [5, 5.41) is 54.3. The number of β-amino-alcohol motifs (C(OH)–C–C–N with tert-alkyl or cyclic N) is 1. The highest BCUT2D eigenvalue weighted by Crippen LogP contribution is 2.42. The van der Waals surface area contributed by atoms with E-state index in [1.54, 1.807) is 55.5 Å². The molecule has 3 aromatic carbocycles. The summed E-state index contributed by atoms with van der Waals surface area (Å²) in [6.07, 6.45) is 0.758. The Kier molecular flexibility index (Phi) is 24.0. The summed E-state index contributed by atoms with van der Waals surface area (Å²) >= 11 is 17.0. The number of nitrogens with one attached hydrogen (secondary N) is 3. The summed E-state index contributed by atoms with van der Waals surface area (Å²) in [7, 11) is 0. The number of carboxylic acid groups (broad SMARTS) is 3. The molecule has 6 aliphatic heterocycles. The third-order valence-electron chi connectivity index (χ3n) is 15.9. The van der Waals surface area contributed by atoms with Gasteiger partial charge in [-0.3, -0.25) is 44.1 Å². The highest BCUT2D eigenvalue weighted by Gasteiger charge is 2.49. The summed E-state index contributed by atoms with van der Waals surface area (Å²) in [4.78, 5) is 105. The van der Waals surface area contributed by atoms with Crippen LogP contribution in [0.1, 0.15) is 70.6 Å². The molecule has 3 fully saturated rings. The number of hydrogen-bond acceptors (Lipinski definition) is 25. The van der Waals surface area contributed by atoms with E-state index in [2.05, 4.69) is 72.7 Å². The number of alkyl halides is 2. The molecule has 6 aliphatic rings. The Morgan fingerprint density at radius 1 is 0.525 bits per heavy atom. The van der Waals surface area contributed by atoms with Crippen molar-refractivity contribution in [1.29, 1.82) is 0 Å². The number of nitrogens with zero attached hydrogens (tertiary/aromatic N) is 9. The summed E-state index contributed by atoms with van der Waals surface area (Å²) < 4.78 is 85.7. The maximum Gasteiger partial charge on any atom is 0.338 e. The Labute approximate surface area is 593 Å². The number of halogens is 8. The van der Waals surface area contributed by atoms with E-state index in [0.717, 1.165) is 6.07 Å². The first kappa shape index (κ1) is 73.5. The molecule has 6 aromatic rings. The number of esters is 3. The summed E-state index contributed by atoms with van der Waals surface area (Å²) in [6.45, 7) is 5.11. The molecule has 9 atom stereocenters. The van der Waals surface area contributed by atoms with Crippen LogP contribution in [0.2, 0.25) is 5.02 Å². The van der Waals surface area contributed by atoms with Crippen molar-refractivity contribution in [2.24, 2.45) is 15.0 Å². The maximum absolute atomic E-state index is 13.9. The Bertz CT molecular complexity index is 3850. The smallest absolute Gasteiger partial charge is 0.338 e. The first-order valence-corrected chi connectivity index (χ1v) is 34.7. The molecule has 0 aliphatic carbocycles. The first-order valence-electron chi connectivity index (χ1n) is 30.1. The van der Waals surface area contributed by atoms with Crippen LogP contribution in [0.25, 0.3) is 0 Å². The van der Waals surface area contributed by atoms with Gasteiger partial charge in [0, 0.05) is 111 Å². The van der Waals surface area contributed by atoms with Gasteiger partial charge < -0.3 is 50.6 Å². The lowest BCUT2D eigenvalue weighted by Crippen LogP contribution is -2.64. The number of aliphatic carboxylic acids is 3. The van der Waals surface area contributed by atoms with Gasteiger partial charge in [-0.25, -0.2) is 51.3 Å². The van der Waals surface area contributed by atoms with Gasteiger partial charge in [0.05, 0.1) is 42.6 Å². The van der Waals surface area contributed by atoms with Crippen molar-refractivity contribution >= 4 is 131 Å². The summed E-state index contributed by atoms with van der Waals surface area (Å²) in [5.41, 5.74) is 2.79. The number of carboxylic acids is 3. The molecule has 25 nitrogen and oxygen atoms in total. The van der Waals surface area contributed by atoms with Gasteiger partial charge in [0.2, 0.25) is 0 Å². The number of aliphatic imine (C=N–C) groups is 3. The van der Waals surface area contributed by atoms with Crippen LogP contribution in [0.5, 0.6) is 0 Å². The largest absolute Gasteiger partial charge is 0.480 e. The zero-order valence-electron chi connectivity index (χ0n) is 52.0. The van der Waals surface area contributed by atoms with Crippen LogP contribution in [0.3, 0.4) is 0 Å². The highest BCUT2D eigenvalue weighted by molar-refractivity contribution is 9.10. The van der Waals surface area contributed by atoms with Crippen LogP contribution in [-0.2, 0) is 43.0 Å². The van der Waals surface area contributed by atoms with Crippen LogP contribution < -0.4 is 16.0 Å². The number of likely N-dealkylation sites (tertiary alicyclic amines) is 3. The van der Waals surface area contributed by atoms with Crippen molar-refractivity contribution in [2.75, 3.05) is 59.1 Å². The van der Waals surface area contributed by atoms with Gasteiger partial charge in [0.15, 0.2) is 32.5 Å². The zero-order valence-corrected chi connectivity index (χ0v) is 58.3. The summed E-state index contributed by atoms with van der Waals surface area (Å²) in [6, 6.07) is 5.39. The third kappa shape index (κ3) is 16.5. The van der Waals surface area contributed by atoms with Crippen LogP contribution >= 0.6 is 77.5 Å². The average Bonchev–Trinajstić information content (AvgIpc) is 1.22. The number of carbonyl (C=O) groups is 6. The zero-order chi connectivity index (χ0) is 71.1. The molecule has 0 spiro atoms. The number of thiazole rings is 3. The van der Waals surface area contributed by atoms with E-state index in [0.29, 0.717) is 69.6 Å². The molecule has 3 saturated heterocycles. The number of hydrogen-bond donors (Lipinski definition) is 7. The van der Waals surface area contributed by atoms with Gasteiger partial charge in [0.1, 0.15) is 66.0 Å². The average molecular weight is 1580 g/mol. The first-order chi connectivity index (χ1) is 47.4. The molecule has 99 heavy (non-hydrogen) atoms. The van der Waals surface area contributed by atoms with Crippen molar-refractivity contribution in [1.82, 2.24) is 45.6 Å². The number of aromatic nitrogens is 3. The topological polar surface area (TPSA) is 333 Å². The van der Waals surface area contributed by atoms with E-state index >= 15 is 0 Å². The second-order valence-corrected chi connectivity index (χ2v) is 26.9. The number of rotatable bonds is 21. The number of amidine groups is 3. The van der Waals surface area contributed by atoms with E-state index in [4.69, 9.17) is 30.8 Å². The Hall–Kier alpha value is -8.26. The van der Waals surface area contributed by atoms with E-state index in [1.165, 1.54) is 97.2 Å². The number of aliphatic hydroxyl groups is 1. The maximum atomic E-state index is 13.9. The molecule has 12 rings (SSSR count). The number of ether oxygens (including phenoxy) is 3. The molecule has 36 heteroatoms. The third-order valence-corrected chi connectivity index (χ3v) is 19.9. The Morgan fingerprint density at radius 3 is 1.13 bits per heavy atom. The molecule has 7 N–H and O–H groups in total. The van der Waals surface area contributed by atoms with E-state index < -0.39 is 108 Å². The lowest BCUT2D eigenvalue weighted by atomic mass is 9.93. The Balaban J connectivity index is 0.000000161. The molecule has 522 valence electrons. The van der Waals surface area contributed by atoms with Crippen LogP contribution in [0.15, 0.2) is 147 Å². The minimum absolute atomic E-state index is 0.0296. The fraction of sp³-hybridized carbons (Fsp3) is 0.333. The molecule has 3 aromatic heterocycles. The molecule has 9 heterocycles. The second kappa shape index (κ2) is 32.4. The van der Waals surface area contributed by atoms with Crippen molar-refractivity contribution in [3.8, 4) is 0 Å². The predicted molar refractivity (Wildman–Crippen MR) is 359 cm³/mol. The minimum Gasteiger partial charge on any atom is -0.480 e. The summed E-state index contributed by atoms with van der Waals surface area (Å²) in [5.74, 6) is -6.13. The van der Waals surface area contributed by atoms with Crippen molar-refractivity contribution in [3.05, 3.63) is 186 Å². The van der Waals surface area contributed by atoms with Crippen molar-refractivity contribution in [2.45, 2.75) is 75.5 Å². The predicted octanol–water partition coefficient (Wildman–Crippen LogP) is 8.09. The monoisotopic (exact) mass is 1570 g/mol. The molecule has 0 saturated carbocycles. The highest BCUT2D eigenvalue weighted by atomic mass is 79.9. The van der Waals surface area contributed by atoms with Gasteiger partial charge >= 0.3 is 35.8 Å². The van der Waals surface area contributed by atoms with Gasteiger partial charge in [-0.15, -0.1) is 34.0 Å². The van der Waals surface area contributed by atoms with E-state index in [-0.39, 0.29) is 86.5 Å². The van der Waals surface area contributed by atoms with E-state index in [9.17, 15) is 71.1 Å². The second-order valence-electron chi connectivity index (χ2n) is 22.1. The van der Waals surface area contributed by atoms with Gasteiger partial charge in [-0.05, 0) is 68.3 Å². The van der Waals surface area contributed by atoms with Crippen molar-refractivity contribution < 1.29 is 85.4 Å². The van der Waals surface area contributed by atoms with Crippen molar-refractivity contribution in [3.63, 3.8) is 0 Å². The van der Waals surface area contributed by atoms with Gasteiger partial charge in [-0.1, -0.05) is 61.7 Å². The van der Waals surface area contributed by atoms with Crippen LogP contribution in [-0.4, -0.2) is 199 Å². The number of benzene rings is 3. The Morgan fingerprint density at radius 2 is 0.848 bits per heavy atom. The quantitative estimate of drug-likeness (QED) is 0.0203. The number of aliphatic hydroxyl groups excluding tert-OH is 1. The normalized spacial score (nSPS) is 22.9. The lowest BCUT2D eigenvalue weighted by Gasteiger charge is -2.43. The fourth-order valence-corrected chi connectivity index (χ4v) is 14.5. The molecule has 0 amide bonds. The molecular weight excluding hydrogens is 1520 g/mol. The lowest BCUT2D eigenvalue weighted by molar-refractivity contribution is -0.159. The number of carbonyl (C=O) groups excluding carboxylic acids is 3. The molecule has 0 radical (unpaired) electrons. The van der Waals surface area contributed by atoms with Crippen LogP contribution in [0, 0.1) is 17.5 Å². The fourth-order valence-electron chi connectivity index (χ4n) is 11.4. The van der Waals surface area contributed by atoms with Gasteiger partial charge in [0.25, 0.3) is 0 Å². The minimum atomic E-state index is -1.52. The molecule has 6 unspecified atom stereocenters. The van der Waals surface area contributed by atoms with Gasteiger partial charge in [-0.2, -0.15) is 0 Å². The molecule has 0 bridgehead atoms. The standard InChI is InChI=1S/C21H19BrF2N4O4S.C21H20BrFN4O5S.C21H19ClF2N4O4S/c1-2-32-21(31)15-14(9-28-8-13(24)17(28)20(29)30)26-18(19-25-5-6-33-19)27-16(15)11-4-3-10(23)7-12(11)22;1-2-32-21(31)15-13(8-27-9-14(28)17(27)20(29)30)25-18(19-24-5-6-33-19)26-16(15)11-4-3-10(23)7-12(11)22;1-2-32-21(31)15-14(9-28-8-13(24)17(28)20(29)30)26-18(19-25-5-6-33-19)27-16(15)11-4-3-10(23)7-12(11)22/h3-7,13,16-17H,2,8-9H2,1H3,(H,26,27)(H,29,30);3-7,14,16-17,28H,2,8-9H2,1H3,(H,25,26)(H,29,30);3-7,13,16-17H,2,8-9H2,1H3,(H,26,27)(H,29,30)/t13?,16-,17?;14?,16-,17?;13?,16-,17?/m000/s1. The molecular formula is C63H58Br2ClF5N12O13S3. The SMILES string of the molecule is CCOC(=O)C1=C(CN2CC(F)C2C(=O)O)NC(c2nccs2)=N[C@H]1c1ccc(F)cc1Br.CCOC(=O)C1=C(CN2CC(F)C2C(=O)O)NC(c2nccs2)=N[C@H]1c1ccc(F)cc1Cl.CCOC(=O)C1=C(CN2CC(O)C2C(=O)O)NC(c2nccs2)=N[C@H]1c1ccc(F)cc1Br. The van der Waals surface area contributed by atoms with Crippen LogP contribution in [0.4, 0.5) is 22.0 Å².